The molecule has 0 radical (unpaired) electrons. The van der Waals surface area contributed by atoms with E-state index in [4.69, 9.17) is 24.9 Å². The third-order valence-electron chi connectivity index (χ3n) is 10.2. The lowest BCUT2D eigenvalue weighted by atomic mass is 10.0. The number of benzene rings is 7. The van der Waals surface area contributed by atoms with Crippen LogP contribution in [0.1, 0.15) is 0 Å². The summed E-state index contributed by atoms with van der Waals surface area (Å²) in [6.45, 7) is 0. The fourth-order valence-electron chi connectivity index (χ4n) is 7.41. The Bertz CT molecular complexity index is 3230. The van der Waals surface area contributed by atoms with Gasteiger partial charge in [0.1, 0.15) is 0 Å². The fraction of sp³-hybridized carbons (Fsp3) is 0. The molecule has 0 amide bonds. The quantitative estimate of drug-likeness (QED) is 0.169. The van der Waals surface area contributed by atoms with Gasteiger partial charge in [-0.25, -0.2) is 24.9 Å². The van der Waals surface area contributed by atoms with Gasteiger partial charge in [-0.2, -0.15) is 0 Å². The van der Waals surface area contributed by atoms with Crippen LogP contribution in [-0.2, 0) is 0 Å². The zero-order valence-electron chi connectivity index (χ0n) is 29.8. The molecule has 0 atom stereocenters. The molecule has 262 valence electrons. The number of hydrogen-bond acceptors (Lipinski definition) is 7. The third-order valence-corrected chi connectivity index (χ3v) is 12.6. The van der Waals surface area contributed by atoms with Crippen LogP contribution in [0.3, 0.4) is 0 Å². The Balaban J connectivity index is 1.05. The van der Waals surface area contributed by atoms with Gasteiger partial charge in [-0.15, -0.1) is 22.7 Å². The number of fused-ring (bicyclic) bond motifs is 6. The molecule has 0 aliphatic carbocycles. The van der Waals surface area contributed by atoms with Crippen molar-refractivity contribution in [2.45, 2.75) is 0 Å². The lowest BCUT2D eigenvalue weighted by Crippen LogP contribution is -2.00. The summed E-state index contributed by atoms with van der Waals surface area (Å²) in [4.78, 5) is 25.7. The maximum absolute atomic E-state index is 5.30. The molecule has 7 heteroatoms. The van der Waals surface area contributed by atoms with Gasteiger partial charge in [0.2, 0.25) is 0 Å². The highest BCUT2D eigenvalue weighted by atomic mass is 32.1. The molecule has 0 spiro atoms. The number of rotatable bonds is 6. The van der Waals surface area contributed by atoms with E-state index >= 15 is 0 Å². The van der Waals surface area contributed by atoms with Crippen LogP contribution in [0.2, 0.25) is 0 Å². The van der Waals surface area contributed by atoms with Crippen molar-refractivity contribution in [1.29, 1.82) is 0 Å². The van der Waals surface area contributed by atoms with Gasteiger partial charge in [0.15, 0.2) is 23.3 Å². The van der Waals surface area contributed by atoms with Crippen molar-refractivity contribution in [2.75, 3.05) is 0 Å². The summed E-state index contributed by atoms with van der Waals surface area (Å²) in [6, 6.07) is 60.9. The van der Waals surface area contributed by atoms with E-state index in [1.54, 1.807) is 22.7 Å². The zero-order chi connectivity index (χ0) is 37.0. The van der Waals surface area contributed by atoms with E-state index < -0.39 is 0 Å². The van der Waals surface area contributed by atoms with Crippen LogP contribution in [0.15, 0.2) is 176 Å². The van der Waals surface area contributed by atoms with Crippen molar-refractivity contribution in [2.24, 2.45) is 0 Å². The standard InChI is InChI=1S/C49H29N5S2/c1-4-13-30(14-5-1)31-23-25-34(26-24-31)47-52-46(33-17-8-3-9-18-33)53-48(54-47)35-27-28-41-39(29-35)36-20-12-21-38(44(36)55-41)49-50-42(32-15-6-2-7-16-32)45-43(51-49)37-19-10-11-22-40(37)56-45/h1-29H. The summed E-state index contributed by atoms with van der Waals surface area (Å²) in [5.41, 5.74) is 9.17. The van der Waals surface area contributed by atoms with Crippen LogP contribution in [0.4, 0.5) is 0 Å². The second kappa shape index (κ2) is 13.4. The summed E-state index contributed by atoms with van der Waals surface area (Å²) in [5.74, 6) is 2.63. The van der Waals surface area contributed by atoms with Gasteiger partial charge in [0.05, 0.1) is 15.9 Å². The van der Waals surface area contributed by atoms with Crippen molar-refractivity contribution in [3.8, 4) is 67.9 Å². The van der Waals surface area contributed by atoms with Crippen molar-refractivity contribution in [1.82, 2.24) is 24.9 Å². The molecular weight excluding hydrogens is 723 g/mol. The maximum Gasteiger partial charge on any atom is 0.164 e. The minimum Gasteiger partial charge on any atom is -0.226 e. The molecule has 5 nitrogen and oxygen atoms in total. The molecular formula is C49H29N5S2. The zero-order valence-corrected chi connectivity index (χ0v) is 31.4. The summed E-state index contributed by atoms with van der Waals surface area (Å²) in [7, 11) is 0. The fourth-order valence-corrected chi connectivity index (χ4v) is 9.76. The summed E-state index contributed by atoms with van der Waals surface area (Å²) >= 11 is 3.52. The molecule has 11 rings (SSSR count). The van der Waals surface area contributed by atoms with E-state index in [0.29, 0.717) is 17.5 Å². The molecule has 4 heterocycles. The first kappa shape index (κ1) is 32.5. The first-order chi connectivity index (χ1) is 27.7. The van der Waals surface area contributed by atoms with E-state index in [1.165, 1.54) is 15.0 Å². The van der Waals surface area contributed by atoms with Crippen LogP contribution in [0.5, 0.6) is 0 Å². The molecule has 0 N–H and O–H groups in total. The average molecular weight is 752 g/mol. The van der Waals surface area contributed by atoms with E-state index in [0.717, 1.165) is 76.0 Å². The van der Waals surface area contributed by atoms with Crippen LogP contribution in [0, 0.1) is 0 Å². The molecule has 0 aliphatic rings. The van der Waals surface area contributed by atoms with Gasteiger partial charge < -0.3 is 0 Å². The van der Waals surface area contributed by atoms with E-state index in [9.17, 15) is 0 Å². The highest BCUT2D eigenvalue weighted by Gasteiger charge is 2.20. The minimum absolute atomic E-state index is 0.629. The molecule has 0 saturated carbocycles. The molecule has 7 aromatic carbocycles. The highest BCUT2D eigenvalue weighted by molar-refractivity contribution is 7.26. The van der Waals surface area contributed by atoms with Gasteiger partial charge in [0, 0.05) is 58.1 Å². The predicted molar refractivity (Wildman–Crippen MR) is 234 cm³/mol. The van der Waals surface area contributed by atoms with Crippen molar-refractivity contribution in [3.05, 3.63) is 176 Å². The summed E-state index contributed by atoms with van der Waals surface area (Å²) < 4.78 is 4.64. The average Bonchev–Trinajstić information content (AvgIpc) is 3.85. The van der Waals surface area contributed by atoms with Crippen molar-refractivity contribution in [3.63, 3.8) is 0 Å². The summed E-state index contributed by atoms with van der Waals surface area (Å²) in [5, 5.41) is 3.45. The molecule has 0 bridgehead atoms. The number of aromatic nitrogens is 5. The predicted octanol–water partition coefficient (Wildman–Crippen LogP) is 13.4. The number of nitrogens with zero attached hydrogens (tertiary/aromatic N) is 5. The van der Waals surface area contributed by atoms with Crippen LogP contribution < -0.4 is 0 Å². The highest BCUT2D eigenvalue weighted by Crippen LogP contribution is 2.43. The summed E-state index contributed by atoms with van der Waals surface area (Å²) in [6.07, 6.45) is 0. The number of hydrogen-bond donors (Lipinski definition) is 0. The molecule has 11 aromatic rings. The van der Waals surface area contributed by atoms with Gasteiger partial charge in [-0.3, -0.25) is 0 Å². The van der Waals surface area contributed by atoms with Gasteiger partial charge in [-0.1, -0.05) is 146 Å². The molecule has 0 saturated heterocycles. The molecule has 0 unspecified atom stereocenters. The van der Waals surface area contributed by atoms with E-state index in [-0.39, 0.29) is 0 Å². The maximum atomic E-state index is 5.30. The first-order valence-electron chi connectivity index (χ1n) is 18.4. The molecule has 4 aromatic heterocycles. The lowest BCUT2D eigenvalue weighted by molar-refractivity contribution is 1.07. The normalized spacial score (nSPS) is 11.6. The van der Waals surface area contributed by atoms with Crippen molar-refractivity contribution >= 4 is 63.1 Å². The third kappa shape index (κ3) is 5.64. The van der Waals surface area contributed by atoms with Gasteiger partial charge >= 0.3 is 0 Å². The minimum atomic E-state index is 0.629. The topological polar surface area (TPSA) is 64.5 Å². The molecule has 56 heavy (non-hydrogen) atoms. The Morgan fingerprint density at radius 2 is 0.821 bits per heavy atom. The van der Waals surface area contributed by atoms with Crippen LogP contribution in [-0.4, -0.2) is 24.9 Å². The SMILES string of the molecule is c1ccc(-c2ccc(-c3nc(-c4ccccc4)nc(-c4ccc5sc6c(-c7nc(-c8ccccc8)c8sc9ccccc9c8n7)cccc6c5c4)n3)cc2)cc1. The molecule has 0 fully saturated rings. The van der Waals surface area contributed by atoms with E-state index in [2.05, 4.69) is 133 Å². The Kier molecular flexibility index (Phi) is 7.79. The van der Waals surface area contributed by atoms with Crippen LogP contribution in [0.25, 0.3) is 108 Å². The Morgan fingerprint density at radius 3 is 1.55 bits per heavy atom. The van der Waals surface area contributed by atoms with Crippen LogP contribution >= 0.6 is 22.7 Å². The van der Waals surface area contributed by atoms with Crippen molar-refractivity contribution < 1.29 is 0 Å². The second-order valence-corrected chi connectivity index (χ2v) is 15.8. The molecule has 0 aliphatic heterocycles. The monoisotopic (exact) mass is 751 g/mol. The largest absolute Gasteiger partial charge is 0.226 e. The first-order valence-corrected chi connectivity index (χ1v) is 20.0. The van der Waals surface area contributed by atoms with Gasteiger partial charge in [-0.05, 0) is 41.5 Å². The lowest BCUT2D eigenvalue weighted by Gasteiger charge is -2.09. The smallest absolute Gasteiger partial charge is 0.164 e. The second-order valence-electron chi connectivity index (χ2n) is 13.6. The Morgan fingerprint density at radius 1 is 0.304 bits per heavy atom. The van der Waals surface area contributed by atoms with Gasteiger partial charge in [0.25, 0.3) is 0 Å². The number of thiophene rings is 2. The van der Waals surface area contributed by atoms with E-state index in [1.807, 2.05) is 42.5 Å². The Labute approximate surface area is 330 Å². The Hall–Kier alpha value is -6.93.